The summed E-state index contributed by atoms with van der Waals surface area (Å²) in [5, 5.41) is 14.3. The molecule has 41 heavy (non-hydrogen) atoms. The van der Waals surface area contributed by atoms with Crippen molar-refractivity contribution in [1.82, 2.24) is 34.3 Å². The van der Waals surface area contributed by atoms with Crippen LogP contribution in [0.3, 0.4) is 0 Å². The number of hydrogen-bond donors (Lipinski definition) is 3. The molecule has 0 radical (unpaired) electrons. The van der Waals surface area contributed by atoms with Gasteiger partial charge < -0.3 is 16.4 Å². The lowest BCUT2D eigenvalue weighted by Crippen LogP contribution is -2.61. The largest absolute Gasteiger partial charge is 0.333 e. The highest BCUT2D eigenvalue weighted by atomic mass is 32.2. The molecule has 1 unspecified atom stereocenters. The van der Waals surface area contributed by atoms with Gasteiger partial charge in [-0.15, -0.1) is 0 Å². The monoisotopic (exact) mass is 584 g/mol. The summed E-state index contributed by atoms with van der Waals surface area (Å²) in [6.45, 7) is -0.692. The molecule has 4 N–H and O–H groups in total. The summed E-state index contributed by atoms with van der Waals surface area (Å²) in [5.74, 6) is 1.75. The lowest BCUT2D eigenvalue weighted by molar-refractivity contribution is -0.00918. The van der Waals surface area contributed by atoms with Crippen molar-refractivity contribution in [3.05, 3.63) is 48.8 Å². The second-order valence-electron chi connectivity index (χ2n) is 11.7. The van der Waals surface area contributed by atoms with E-state index in [1.165, 1.54) is 18.6 Å². The zero-order chi connectivity index (χ0) is 28.4. The van der Waals surface area contributed by atoms with Crippen LogP contribution in [-0.2, 0) is 10.0 Å². The molecule has 4 aliphatic rings. The number of hydrogen-bond acceptors (Lipinski definition) is 10. The van der Waals surface area contributed by atoms with Crippen LogP contribution >= 0.6 is 0 Å². The van der Waals surface area contributed by atoms with Crippen LogP contribution in [0.25, 0.3) is 17.0 Å². The van der Waals surface area contributed by atoms with E-state index in [0.717, 1.165) is 30.0 Å². The molecule has 0 amide bonds. The molecule has 1 spiro atoms. The predicted molar refractivity (Wildman–Crippen MR) is 147 cm³/mol. The first-order chi connectivity index (χ1) is 19.6. The van der Waals surface area contributed by atoms with Crippen LogP contribution in [0.1, 0.15) is 50.8 Å². The van der Waals surface area contributed by atoms with Crippen LogP contribution in [0.5, 0.6) is 0 Å². The fourth-order valence-electron chi connectivity index (χ4n) is 6.27. The van der Waals surface area contributed by atoms with Gasteiger partial charge in [0.1, 0.15) is 11.7 Å². The number of amidine groups is 1. The molecule has 2 saturated carbocycles. The Morgan fingerprint density at radius 3 is 2.71 bits per heavy atom. The van der Waals surface area contributed by atoms with Crippen LogP contribution in [0.2, 0.25) is 0 Å². The van der Waals surface area contributed by atoms with Gasteiger partial charge in [-0.3, -0.25) is 0 Å². The SMILES string of the molecule is NC1(CC2CC3(CNC3)C2)CC(Nc2ccnc(-c3cnn(S(=O)(=O)C4CC4)c3)n2)=NC=C1c1ccn(C(F)F)n1. The molecule has 3 aromatic rings. The summed E-state index contributed by atoms with van der Waals surface area (Å²) in [4.78, 5) is 13.4. The summed E-state index contributed by atoms with van der Waals surface area (Å²) in [6.07, 6.45) is 11.7. The molecule has 2 aliphatic heterocycles. The van der Waals surface area contributed by atoms with Crippen molar-refractivity contribution in [3.63, 3.8) is 0 Å². The molecule has 1 saturated heterocycles. The van der Waals surface area contributed by atoms with Gasteiger partial charge in [0.25, 0.3) is 10.0 Å². The van der Waals surface area contributed by atoms with Gasteiger partial charge in [-0.2, -0.15) is 23.1 Å². The molecule has 0 aromatic carbocycles. The van der Waals surface area contributed by atoms with E-state index in [4.69, 9.17) is 5.73 Å². The van der Waals surface area contributed by atoms with Crippen molar-refractivity contribution in [3.8, 4) is 11.4 Å². The molecule has 216 valence electrons. The van der Waals surface area contributed by atoms with Crippen molar-refractivity contribution in [1.29, 1.82) is 0 Å². The highest BCUT2D eigenvalue weighted by molar-refractivity contribution is 7.90. The van der Waals surface area contributed by atoms with Crippen molar-refractivity contribution < 1.29 is 17.2 Å². The van der Waals surface area contributed by atoms with Crippen LogP contribution in [-0.4, -0.2) is 67.1 Å². The first-order valence-electron chi connectivity index (χ1n) is 13.6. The lowest BCUT2D eigenvalue weighted by atomic mass is 9.55. The summed E-state index contributed by atoms with van der Waals surface area (Å²) >= 11 is 0. The Balaban J connectivity index is 1.13. The molecule has 0 bridgehead atoms. The highest BCUT2D eigenvalue weighted by Crippen LogP contribution is 2.52. The first kappa shape index (κ1) is 26.3. The van der Waals surface area contributed by atoms with E-state index in [9.17, 15) is 17.2 Å². The molecule has 5 heterocycles. The van der Waals surface area contributed by atoms with Gasteiger partial charge >= 0.3 is 6.55 Å². The maximum absolute atomic E-state index is 13.3. The quantitative estimate of drug-likeness (QED) is 0.362. The van der Waals surface area contributed by atoms with Gasteiger partial charge in [0.05, 0.1) is 34.4 Å². The maximum Gasteiger partial charge on any atom is 0.333 e. The normalized spacial score (nSPS) is 24.1. The molecule has 15 heteroatoms. The fourth-order valence-corrected chi connectivity index (χ4v) is 7.74. The minimum atomic E-state index is -3.50. The fraction of sp³-hybridized carbons (Fsp3) is 0.500. The maximum atomic E-state index is 13.3. The Morgan fingerprint density at radius 2 is 2.02 bits per heavy atom. The topological polar surface area (TPSA) is 158 Å². The van der Waals surface area contributed by atoms with Crippen molar-refractivity contribution in [2.24, 2.45) is 22.1 Å². The Labute approximate surface area is 235 Å². The van der Waals surface area contributed by atoms with E-state index in [-0.39, 0.29) is 5.25 Å². The smallest absolute Gasteiger partial charge is 0.328 e. The summed E-state index contributed by atoms with van der Waals surface area (Å²) in [6, 6.07) is 3.23. The molecule has 1 atom stereocenters. The minimum absolute atomic E-state index is 0.310. The Morgan fingerprint density at radius 1 is 1.22 bits per heavy atom. The van der Waals surface area contributed by atoms with Crippen LogP contribution in [0, 0.1) is 11.3 Å². The van der Waals surface area contributed by atoms with E-state index < -0.39 is 22.1 Å². The number of nitrogens with zero attached hydrogens (tertiary/aromatic N) is 7. The molecule has 7 rings (SSSR count). The number of rotatable bonds is 8. The second-order valence-corrected chi connectivity index (χ2v) is 13.8. The standard InChI is InChI=1S/C26H30F2N10O2S/c27-24(28)37-6-4-20(36-37)19-12-32-22(10-26(19,29)9-16-7-25(8-16)14-30-15-25)34-21-3-5-31-23(35-21)17-11-33-38(13-17)41(39,40)18-1-2-18/h3-6,11-13,16,18,24,30H,1-2,7-10,14-15,29H2,(H,31,32,34,35). The number of nitrogens with one attached hydrogen (secondary N) is 2. The van der Waals surface area contributed by atoms with Crippen molar-refractivity contribution >= 4 is 27.2 Å². The lowest BCUT2D eigenvalue weighted by Gasteiger charge is -2.56. The first-order valence-corrected chi connectivity index (χ1v) is 15.1. The third kappa shape index (κ3) is 4.85. The molecule has 3 aromatic heterocycles. The number of alkyl halides is 2. The highest BCUT2D eigenvalue weighted by Gasteiger charge is 2.51. The third-order valence-electron chi connectivity index (χ3n) is 8.50. The third-order valence-corrected chi connectivity index (χ3v) is 10.5. The number of aliphatic imine (C=N–C) groups is 1. The predicted octanol–water partition coefficient (Wildman–Crippen LogP) is 2.61. The van der Waals surface area contributed by atoms with Gasteiger partial charge in [-0.05, 0) is 55.6 Å². The number of nitrogens with two attached hydrogens (primary N) is 1. The molecule has 3 fully saturated rings. The van der Waals surface area contributed by atoms with Crippen LogP contribution in [0.4, 0.5) is 14.6 Å². The minimum Gasteiger partial charge on any atom is -0.328 e. The van der Waals surface area contributed by atoms with Crippen LogP contribution < -0.4 is 16.4 Å². The van der Waals surface area contributed by atoms with Crippen molar-refractivity contribution in [2.45, 2.75) is 55.9 Å². The molecular weight excluding hydrogens is 554 g/mol. The summed E-state index contributed by atoms with van der Waals surface area (Å²) in [7, 11) is -3.50. The van der Waals surface area contributed by atoms with Gasteiger partial charge in [0, 0.05) is 43.7 Å². The van der Waals surface area contributed by atoms with E-state index in [1.54, 1.807) is 24.5 Å². The van der Waals surface area contributed by atoms with Crippen molar-refractivity contribution in [2.75, 3.05) is 18.4 Å². The number of aromatic nitrogens is 6. The average molecular weight is 585 g/mol. The average Bonchev–Trinajstić information content (AvgIpc) is 3.43. The number of anilines is 1. The molecular formula is C26H30F2N10O2S. The summed E-state index contributed by atoms with van der Waals surface area (Å²) in [5.41, 5.74) is 8.06. The zero-order valence-corrected chi connectivity index (χ0v) is 22.9. The second kappa shape index (κ2) is 9.49. The van der Waals surface area contributed by atoms with Crippen LogP contribution in [0.15, 0.2) is 48.1 Å². The van der Waals surface area contributed by atoms with Gasteiger partial charge in [0.2, 0.25) is 0 Å². The van der Waals surface area contributed by atoms with E-state index in [1.807, 2.05) is 0 Å². The Bertz CT molecular complexity index is 1650. The van der Waals surface area contributed by atoms with E-state index >= 15 is 0 Å². The Kier molecular flexibility index (Phi) is 6.10. The van der Waals surface area contributed by atoms with Gasteiger partial charge in [-0.25, -0.2) is 28.1 Å². The summed E-state index contributed by atoms with van der Waals surface area (Å²) < 4.78 is 53.2. The van der Waals surface area contributed by atoms with Gasteiger partial charge in [-0.1, -0.05) is 0 Å². The van der Waals surface area contributed by atoms with E-state index in [0.29, 0.717) is 76.0 Å². The van der Waals surface area contributed by atoms with Gasteiger partial charge in [0.15, 0.2) is 5.82 Å². The molecule has 12 nitrogen and oxygen atoms in total. The van der Waals surface area contributed by atoms with E-state index in [2.05, 4.69) is 35.8 Å². The zero-order valence-electron chi connectivity index (χ0n) is 22.1. The molecule has 2 aliphatic carbocycles. The Hall–Kier alpha value is -3.56. The number of halogens is 2.